The van der Waals surface area contributed by atoms with Gasteiger partial charge in [-0.05, 0) is 79.8 Å². The molecular weight excluding hydrogens is 494 g/mol. The molecule has 0 amide bonds. The van der Waals surface area contributed by atoms with Gasteiger partial charge in [0.1, 0.15) is 0 Å². The Morgan fingerprint density at radius 3 is 1.78 bits per heavy atom. The van der Waals surface area contributed by atoms with Gasteiger partial charge in [0.2, 0.25) is 0 Å². The number of benzene rings is 8. The highest BCUT2D eigenvalue weighted by Crippen LogP contribution is 2.45. The van der Waals surface area contributed by atoms with Crippen LogP contribution in [-0.4, -0.2) is 0 Å². The maximum atomic E-state index is 2.45. The largest absolute Gasteiger partial charge is 0.309 e. The van der Waals surface area contributed by atoms with Crippen LogP contribution in [0.2, 0.25) is 0 Å². The predicted octanol–water partition coefficient (Wildman–Crippen LogP) is 11.4. The van der Waals surface area contributed by atoms with Gasteiger partial charge in [0, 0.05) is 16.5 Å². The van der Waals surface area contributed by atoms with Gasteiger partial charge in [0.25, 0.3) is 0 Å². The predicted molar refractivity (Wildman–Crippen MR) is 177 cm³/mol. The van der Waals surface area contributed by atoms with E-state index in [1.54, 1.807) is 0 Å². The molecule has 0 aliphatic rings. The Bertz CT molecular complexity index is 2210. The van der Waals surface area contributed by atoms with Gasteiger partial charge < -0.3 is 4.90 Å². The molecule has 0 atom stereocenters. The molecule has 8 aromatic rings. The number of hydrogen-bond acceptors (Lipinski definition) is 1. The van der Waals surface area contributed by atoms with Crippen LogP contribution in [0.3, 0.4) is 0 Å². The molecule has 192 valence electrons. The highest BCUT2D eigenvalue weighted by molar-refractivity contribution is 6.16. The minimum Gasteiger partial charge on any atom is -0.309 e. The monoisotopic (exact) mass is 521 g/mol. The summed E-state index contributed by atoms with van der Waals surface area (Å²) in [4.78, 5) is 2.45. The summed E-state index contributed by atoms with van der Waals surface area (Å²) >= 11 is 0. The SMILES string of the molecule is c1ccc(N(c2cc(-c3ccc4ccccc4c3)cc3ccccc23)c2cccc3ccc4ccccc4c23)cc1. The summed E-state index contributed by atoms with van der Waals surface area (Å²) in [6, 6.07) is 59.4. The Morgan fingerprint density at radius 1 is 0.317 bits per heavy atom. The van der Waals surface area contributed by atoms with Gasteiger partial charge in [-0.25, -0.2) is 0 Å². The third-order valence-corrected chi connectivity index (χ3v) is 8.17. The summed E-state index contributed by atoms with van der Waals surface area (Å²) in [5.41, 5.74) is 5.89. The Morgan fingerprint density at radius 2 is 0.927 bits per heavy atom. The van der Waals surface area contributed by atoms with E-state index in [0.29, 0.717) is 0 Å². The Labute approximate surface area is 239 Å². The molecule has 1 heteroatoms. The normalized spacial score (nSPS) is 11.4. The average molecular weight is 522 g/mol. The van der Waals surface area contributed by atoms with Crippen molar-refractivity contribution in [1.82, 2.24) is 0 Å². The van der Waals surface area contributed by atoms with Crippen molar-refractivity contribution in [2.45, 2.75) is 0 Å². The molecule has 1 nitrogen and oxygen atoms in total. The third-order valence-electron chi connectivity index (χ3n) is 8.17. The second-order valence-electron chi connectivity index (χ2n) is 10.6. The molecule has 0 heterocycles. The van der Waals surface area contributed by atoms with Crippen molar-refractivity contribution >= 4 is 60.2 Å². The molecule has 41 heavy (non-hydrogen) atoms. The van der Waals surface area contributed by atoms with E-state index in [-0.39, 0.29) is 0 Å². The summed E-state index contributed by atoms with van der Waals surface area (Å²) in [6.45, 7) is 0. The standard InChI is InChI=1S/C40H27N/c1-2-16-35(17-3-1)41(38-20-10-15-30-23-22-29-12-6-9-19-37(29)40(30)38)39-27-34(26-33-14-7-8-18-36(33)39)32-24-21-28-11-4-5-13-31(28)25-32/h1-27H. The van der Waals surface area contributed by atoms with E-state index in [2.05, 4.69) is 169 Å². The first-order valence-corrected chi connectivity index (χ1v) is 14.1. The molecule has 0 spiro atoms. The minimum absolute atomic E-state index is 1.13. The molecule has 0 unspecified atom stereocenters. The van der Waals surface area contributed by atoms with Crippen LogP contribution in [0.1, 0.15) is 0 Å². The summed E-state index contributed by atoms with van der Waals surface area (Å²) in [5, 5.41) is 9.95. The smallest absolute Gasteiger partial charge is 0.0546 e. The van der Waals surface area contributed by atoms with Crippen molar-refractivity contribution in [1.29, 1.82) is 0 Å². The van der Waals surface area contributed by atoms with Crippen LogP contribution in [0.25, 0.3) is 54.2 Å². The number of anilines is 3. The quantitative estimate of drug-likeness (QED) is 0.208. The summed E-state index contributed by atoms with van der Waals surface area (Å²) in [7, 11) is 0. The minimum atomic E-state index is 1.13. The maximum absolute atomic E-state index is 2.45. The zero-order valence-electron chi connectivity index (χ0n) is 22.5. The lowest BCUT2D eigenvalue weighted by Crippen LogP contribution is -2.11. The van der Waals surface area contributed by atoms with E-state index in [1.165, 1.54) is 59.9 Å². The van der Waals surface area contributed by atoms with Crippen molar-refractivity contribution in [3.63, 3.8) is 0 Å². The van der Waals surface area contributed by atoms with Crippen LogP contribution in [0.4, 0.5) is 17.1 Å². The number of hydrogen-bond donors (Lipinski definition) is 0. The fourth-order valence-electron chi connectivity index (χ4n) is 6.22. The van der Waals surface area contributed by atoms with Crippen molar-refractivity contribution < 1.29 is 0 Å². The van der Waals surface area contributed by atoms with Crippen molar-refractivity contribution in [2.75, 3.05) is 4.90 Å². The number of fused-ring (bicyclic) bond motifs is 5. The second kappa shape index (κ2) is 9.66. The van der Waals surface area contributed by atoms with E-state index in [4.69, 9.17) is 0 Å². The molecule has 0 bridgehead atoms. The topological polar surface area (TPSA) is 3.24 Å². The van der Waals surface area contributed by atoms with Gasteiger partial charge in [-0.15, -0.1) is 0 Å². The fraction of sp³-hybridized carbons (Fsp3) is 0. The Balaban J connectivity index is 1.46. The molecule has 0 radical (unpaired) electrons. The van der Waals surface area contributed by atoms with Crippen molar-refractivity contribution in [3.8, 4) is 11.1 Å². The van der Waals surface area contributed by atoms with Crippen molar-refractivity contribution in [2.24, 2.45) is 0 Å². The Hall–Kier alpha value is -5.40. The first kappa shape index (κ1) is 23.5. The molecule has 0 aliphatic heterocycles. The van der Waals surface area contributed by atoms with Crippen LogP contribution >= 0.6 is 0 Å². The molecule has 0 aromatic heterocycles. The fourth-order valence-corrected chi connectivity index (χ4v) is 6.22. The van der Waals surface area contributed by atoms with E-state index >= 15 is 0 Å². The van der Waals surface area contributed by atoms with Crippen LogP contribution in [0.15, 0.2) is 164 Å². The van der Waals surface area contributed by atoms with Gasteiger partial charge in [-0.3, -0.25) is 0 Å². The van der Waals surface area contributed by atoms with Gasteiger partial charge >= 0.3 is 0 Å². The zero-order chi connectivity index (χ0) is 27.2. The average Bonchev–Trinajstić information content (AvgIpc) is 3.05. The lowest BCUT2D eigenvalue weighted by Gasteiger charge is -2.29. The van der Waals surface area contributed by atoms with E-state index in [0.717, 1.165) is 11.4 Å². The van der Waals surface area contributed by atoms with Gasteiger partial charge in [-0.2, -0.15) is 0 Å². The third kappa shape index (κ3) is 4.02. The van der Waals surface area contributed by atoms with Gasteiger partial charge in [-0.1, -0.05) is 127 Å². The lowest BCUT2D eigenvalue weighted by atomic mass is 9.95. The van der Waals surface area contributed by atoms with Crippen LogP contribution in [0.5, 0.6) is 0 Å². The second-order valence-corrected chi connectivity index (χ2v) is 10.6. The van der Waals surface area contributed by atoms with Crippen LogP contribution in [-0.2, 0) is 0 Å². The summed E-state index contributed by atoms with van der Waals surface area (Å²) < 4.78 is 0. The molecule has 8 rings (SSSR count). The highest BCUT2D eigenvalue weighted by atomic mass is 15.1. The zero-order valence-corrected chi connectivity index (χ0v) is 22.5. The maximum Gasteiger partial charge on any atom is 0.0546 e. The molecule has 0 fully saturated rings. The van der Waals surface area contributed by atoms with Gasteiger partial charge in [0.05, 0.1) is 11.4 Å². The van der Waals surface area contributed by atoms with E-state index < -0.39 is 0 Å². The number of rotatable bonds is 4. The molecule has 0 saturated carbocycles. The van der Waals surface area contributed by atoms with E-state index in [9.17, 15) is 0 Å². The highest BCUT2D eigenvalue weighted by Gasteiger charge is 2.20. The number of para-hydroxylation sites is 1. The molecule has 0 saturated heterocycles. The van der Waals surface area contributed by atoms with Gasteiger partial charge in [0.15, 0.2) is 0 Å². The molecule has 8 aromatic carbocycles. The van der Waals surface area contributed by atoms with Crippen molar-refractivity contribution in [3.05, 3.63) is 164 Å². The van der Waals surface area contributed by atoms with Crippen LogP contribution in [0, 0.1) is 0 Å². The lowest BCUT2D eigenvalue weighted by molar-refractivity contribution is 1.31. The van der Waals surface area contributed by atoms with E-state index in [1.807, 2.05) is 0 Å². The molecule has 0 aliphatic carbocycles. The summed E-state index contributed by atoms with van der Waals surface area (Å²) in [5.74, 6) is 0. The first-order chi connectivity index (χ1) is 20.3. The number of nitrogens with zero attached hydrogens (tertiary/aromatic N) is 1. The Kier molecular flexibility index (Phi) is 5.53. The molecule has 0 N–H and O–H groups in total. The summed E-state index contributed by atoms with van der Waals surface area (Å²) in [6.07, 6.45) is 0. The van der Waals surface area contributed by atoms with Crippen LogP contribution < -0.4 is 4.90 Å². The first-order valence-electron chi connectivity index (χ1n) is 14.1. The molecular formula is C40H27N.